The van der Waals surface area contributed by atoms with Crippen molar-refractivity contribution in [2.24, 2.45) is 11.8 Å². The Balaban J connectivity index is 1.80. The first-order chi connectivity index (χ1) is 15.9. The van der Waals surface area contributed by atoms with Gasteiger partial charge in [-0.3, -0.25) is 14.4 Å². The number of ether oxygens (including phenoxy) is 3. The highest BCUT2D eigenvalue weighted by molar-refractivity contribution is 6.24. The molecule has 0 bridgehead atoms. The molecule has 1 saturated heterocycles. The number of aryl methyl sites for hydroxylation is 1. The van der Waals surface area contributed by atoms with Gasteiger partial charge in [0.05, 0.1) is 27.4 Å². The van der Waals surface area contributed by atoms with Gasteiger partial charge in [-0.05, 0) is 36.8 Å². The van der Waals surface area contributed by atoms with E-state index < -0.39 is 0 Å². The van der Waals surface area contributed by atoms with Crippen LogP contribution in [0.1, 0.15) is 37.3 Å². The zero-order chi connectivity index (χ0) is 23.7. The van der Waals surface area contributed by atoms with E-state index in [1.54, 1.807) is 6.92 Å². The maximum atomic E-state index is 13.6. The van der Waals surface area contributed by atoms with Crippen molar-refractivity contribution in [3.63, 3.8) is 0 Å². The summed E-state index contributed by atoms with van der Waals surface area (Å²) in [6, 6.07) is 8.00. The Morgan fingerprint density at radius 2 is 1.70 bits per heavy atom. The molecule has 3 aliphatic rings. The molecule has 0 aromatic heterocycles. The topological polar surface area (TPSA) is 82.1 Å². The number of morpholine rings is 1. The molecule has 1 aromatic carbocycles. The number of hydrogen-bond acceptors (Lipinski definition) is 6. The van der Waals surface area contributed by atoms with Gasteiger partial charge in [0.25, 0.3) is 0 Å². The Labute approximate surface area is 194 Å². The van der Waals surface area contributed by atoms with Gasteiger partial charge in [-0.2, -0.15) is 0 Å². The van der Waals surface area contributed by atoms with Crippen LogP contribution in [0.5, 0.6) is 0 Å². The molecule has 4 rings (SSSR count). The second-order valence-corrected chi connectivity index (χ2v) is 8.87. The second kappa shape index (κ2) is 9.51. The molecule has 2 aliphatic carbocycles. The third-order valence-electron chi connectivity index (χ3n) is 7.25. The monoisotopic (exact) mass is 453 g/mol. The Morgan fingerprint density at radius 3 is 2.36 bits per heavy atom. The average molecular weight is 454 g/mol. The number of benzene rings is 1. The van der Waals surface area contributed by atoms with Crippen LogP contribution in [0, 0.1) is 11.8 Å². The summed E-state index contributed by atoms with van der Waals surface area (Å²) in [5.41, 5.74) is 2.92. The molecule has 176 valence electrons. The molecule has 1 aliphatic heterocycles. The van der Waals surface area contributed by atoms with Crippen molar-refractivity contribution in [1.29, 1.82) is 0 Å². The lowest BCUT2D eigenvalue weighted by Crippen LogP contribution is -2.46. The van der Waals surface area contributed by atoms with Crippen LogP contribution in [-0.2, 0) is 35.0 Å². The van der Waals surface area contributed by atoms with E-state index >= 15 is 0 Å². The van der Waals surface area contributed by atoms with E-state index in [0.29, 0.717) is 37.4 Å². The van der Waals surface area contributed by atoms with Gasteiger partial charge in [-0.15, -0.1) is 0 Å². The van der Waals surface area contributed by atoms with Crippen LogP contribution in [0.25, 0.3) is 0 Å². The minimum atomic E-state index is -0.380. The minimum Gasteiger partial charge on any atom is -0.489 e. The highest BCUT2D eigenvalue weighted by Crippen LogP contribution is 2.48. The van der Waals surface area contributed by atoms with E-state index in [-0.39, 0.29) is 46.7 Å². The van der Waals surface area contributed by atoms with Gasteiger partial charge in [0.1, 0.15) is 0 Å². The zero-order valence-electron chi connectivity index (χ0n) is 19.7. The van der Waals surface area contributed by atoms with Crippen LogP contribution in [0.2, 0.25) is 0 Å². The van der Waals surface area contributed by atoms with Crippen LogP contribution >= 0.6 is 0 Å². The van der Waals surface area contributed by atoms with Gasteiger partial charge in [0, 0.05) is 36.1 Å². The average Bonchev–Trinajstić information content (AvgIpc) is 2.85. The molecule has 3 unspecified atom stereocenters. The molecule has 0 radical (unpaired) electrons. The van der Waals surface area contributed by atoms with Crippen molar-refractivity contribution in [2.45, 2.75) is 32.6 Å². The van der Waals surface area contributed by atoms with E-state index in [1.807, 2.05) is 30.0 Å². The van der Waals surface area contributed by atoms with Crippen molar-refractivity contribution in [1.82, 2.24) is 4.90 Å². The Hall–Kier alpha value is -2.93. The van der Waals surface area contributed by atoms with E-state index in [1.165, 1.54) is 14.2 Å². The van der Waals surface area contributed by atoms with Crippen molar-refractivity contribution >= 4 is 17.5 Å². The van der Waals surface area contributed by atoms with Gasteiger partial charge in [0.15, 0.2) is 0 Å². The van der Waals surface area contributed by atoms with Crippen LogP contribution in [0.3, 0.4) is 0 Å². The SMILES string of the molecule is COC1=C(OC)C(=O)C(C2c3ccccc3CCC2C(C)C(=O)N2CCOCC2)=C(C)C1=O. The van der Waals surface area contributed by atoms with Gasteiger partial charge in [-0.1, -0.05) is 31.2 Å². The van der Waals surface area contributed by atoms with Crippen molar-refractivity contribution in [3.8, 4) is 0 Å². The molecule has 0 spiro atoms. The number of rotatable bonds is 5. The number of Topliss-reactive ketones (excluding diaryl/α,β-unsaturated/α-hetero) is 2. The Morgan fingerprint density at radius 1 is 1.06 bits per heavy atom. The third kappa shape index (κ3) is 3.99. The number of fused-ring (bicyclic) bond motifs is 1. The summed E-state index contributed by atoms with van der Waals surface area (Å²) in [4.78, 5) is 42.1. The number of carbonyl (C=O) groups excluding carboxylic acids is 3. The smallest absolute Gasteiger partial charge is 0.228 e. The summed E-state index contributed by atoms with van der Waals surface area (Å²) in [6.45, 7) is 5.84. The fourth-order valence-corrected chi connectivity index (χ4v) is 5.48. The van der Waals surface area contributed by atoms with Crippen LogP contribution in [0.4, 0.5) is 0 Å². The van der Waals surface area contributed by atoms with E-state index in [0.717, 1.165) is 24.0 Å². The summed E-state index contributed by atoms with van der Waals surface area (Å²) < 4.78 is 16.0. The number of nitrogens with zero attached hydrogens (tertiary/aromatic N) is 1. The first kappa shape index (κ1) is 23.2. The Bertz CT molecular complexity index is 1030. The zero-order valence-corrected chi connectivity index (χ0v) is 19.7. The first-order valence-electron chi connectivity index (χ1n) is 11.5. The third-order valence-corrected chi connectivity index (χ3v) is 7.25. The Kier molecular flexibility index (Phi) is 6.70. The number of allylic oxidation sites excluding steroid dienone is 2. The van der Waals surface area contributed by atoms with Crippen molar-refractivity contribution in [2.75, 3.05) is 40.5 Å². The van der Waals surface area contributed by atoms with E-state index in [9.17, 15) is 14.4 Å². The lowest BCUT2D eigenvalue weighted by atomic mass is 9.64. The standard InChI is InChI=1S/C26H31NO6/c1-15(26(30)27-11-13-33-14-12-27)18-10-9-17-7-5-6-8-19(17)21(18)20-16(2)22(28)24(31-3)25(32-4)23(20)29/h5-8,15,18,21H,9-14H2,1-4H3. The number of carbonyl (C=O) groups is 3. The lowest BCUT2D eigenvalue weighted by molar-refractivity contribution is -0.141. The highest BCUT2D eigenvalue weighted by Gasteiger charge is 2.45. The molecule has 1 aromatic rings. The maximum Gasteiger partial charge on any atom is 0.228 e. The largest absolute Gasteiger partial charge is 0.489 e. The molecule has 1 amide bonds. The summed E-state index contributed by atoms with van der Waals surface area (Å²) in [5, 5.41) is 0. The van der Waals surface area contributed by atoms with Gasteiger partial charge < -0.3 is 19.1 Å². The molecule has 1 heterocycles. The predicted octanol–water partition coefficient (Wildman–Crippen LogP) is 2.80. The second-order valence-electron chi connectivity index (χ2n) is 8.87. The maximum absolute atomic E-state index is 13.6. The highest BCUT2D eigenvalue weighted by atomic mass is 16.5. The van der Waals surface area contributed by atoms with Crippen molar-refractivity contribution < 1.29 is 28.6 Å². The quantitative estimate of drug-likeness (QED) is 0.638. The van der Waals surface area contributed by atoms with Crippen LogP contribution in [0.15, 0.2) is 46.9 Å². The van der Waals surface area contributed by atoms with Gasteiger partial charge in [0.2, 0.25) is 29.0 Å². The summed E-state index contributed by atoms with van der Waals surface area (Å²) in [5.74, 6) is -1.58. The predicted molar refractivity (Wildman–Crippen MR) is 121 cm³/mol. The molecular formula is C26H31NO6. The normalized spacial score (nSPS) is 24.5. The number of methoxy groups -OCH3 is 2. The summed E-state index contributed by atoms with van der Waals surface area (Å²) in [6.07, 6.45) is 1.57. The molecular weight excluding hydrogens is 422 g/mol. The molecule has 33 heavy (non-hydrogen) atoms. The summed E-state index contributed by atoms with van der Waals surface area (Å²) in [7, 11) is 2.73. The molecule has 1 fully saturated rings. The number of ketones is 2. The van der Waals surface area contributed by atoms with E-state index in [4.69, 9.17) is 14.2 Å². The van der Waals surface area contributed by atoms with E-state index in [2.05, 4.69) is 6.07 Å². The molecule has 7 nitrogen and oxygen atoms in total. The first-order valence-corrected chi connectivity index (χ1v) is 11.5. The van der Waals surface area contributed by atoms with Crippen LogP contribution in [-0.4, -0.2) is 62.9 Å². The van der Waals surface area contributed by atoms with Crippen molar-refractivity contribution in [3.05, 3.63) is 58.1 Å². The molecule has 0 N–H and O–H groups in total. The van der Waals surface area contributed by atoms with Gasteiger partial charge in [-0.25, -0.2) is 0 Å². The minimum absolute atomic E-state index is 0.0677. The molecule has 3 atom stereocenters. The number of hydrogen-bond donors (Lipinski definition) is 0. The molecule has 0 saturated carbocycles. The summed E-state index contributed by atoms with van der Waals surface area (Å²) >= 11 is 0. The fourth-order valence-electron chi connectivity index (χ4n) is 5.48. The van der Waals surface area contributed by atoms with Gasteiger partial charge >= 0.3 is 0 Å². The lowest BCUT2D eigenvalue weighted by Gasteiger charge is -2.41. The molecule has 7 heteroatoms. The number of amides is 1. The fraction of sp³-hybridized carbons (Fsp3) is 0.500. The van der Waals surface area contributed by atoms with Crippen LogP contribution < -0.4 is 0 Å².